The lowest BCUT2D eigenvalue weighted by Gasteiger charge is -2.32. The van der Waals surface area contributed by atoms with Crippen LogP contribution in [0.5, 0.6) is 0 Å². The Kier molecular flexibility index (Phi) is 4.39. The first-order chi connectivity index (χ1) is 11.8. The molecule has 1 aliphatic heterocycles. The third kappa shape index (κ3) is 2.88. The number of thiazole rings is 1. The van der Waals surface area contributed by atoms with Crippen LogP contribution in [0.1, 0.15) is 54.1 Å². The van der Waals surface area contributed by atoms with Gasteiger partial charge in [-0.05, 0) is 45.4 Å². The first-order valence-electron chi connectivity index (χ1n) is 9.05. The van der Waals surface area contributed by atoms with Crippen molar-refractivity contribution in [1.29, 1.82) is 0 Å². The Labute approximate surface area is 146 Å². The van der Waals surface area contributed by atoms with E-state index < -0.39 is 0 Å². The molecule has 4 rings (SSSR count). The highest BCUT2D eigenvalue weighted by molar-refractivity contribution is 7.11. The number of hydrogen-bond acceptors (Lipinski definition) is 5. The van der Waals surface area contributed by atoms with Gasteiger partial charge in [0, 0.05) is 42.8 Å². The van der Waals surface area contributed by atoms with Gasteiger partial charge in [0.2, 0.25) is 0 Å². The van der Waals surface area contributed by atoms with Gasteiger partial charge < -0.3 is 9.47 Å². The lowest BCUT2D eigenvalue weighted by atomic mass is 9.98. The fourth-order valence-electron chi connectivity index (χ4n) is 3.82. The number of piperidine rings is 1. The highest BCUT2D eigenvalue weighted by Crippen LogP contribution is 2.35. The van der Waals surface area contributed by atoms with Gasteiger partial charge in [0.25, 0.3) is 5.56 Å². The smallest absolute Gasteiger partial charge is 0.293 e. The largest absolute Gasteiger partial charge is 0.351 e. The number of rotatable bonds is 3. The summed E-state index contributed by atoms with van der Waals surface area (Å²) in [5.41, 5.74) is 1.36. The summed E-state index contributed by atoms with van der Waals surface area (Å²) in [5.74, 6) is 1.04. The summed E-state index contributed by atoms with van der Waals surface area (Å²) in [7, 11) is 0. The molecule has 6 heteroatoms. The number of fused-ring (bicyclic) bond motifs is 1. The molecule has 0 amide bonds. The Balaban J connectivity index is 1.58. The van der Waals surface area contributed by atoms with Gasteiger partial charge >= 0.3 is 0 Å². The van der Waals surface area contributed by atoms with Crippen molar-refractivity contribution >= 4 is 17.2 Å². The van der Waals surface area contributed by atoms with Crippen LogP contribution in [0.25, 0.3) is 0 Å². The first kappa shape index (κ1) is 15.8. The van der Waals surface area contributed by atoms with Crippen molar-refractivity contribution in [3.05, 3.63) is 38.3 Å². The van der Waals surface area contributed by atoms with Gasteiger partial charge in [-0.2, -0.15) is 0 Å². The molecule has 0 N–H and O–H groups in total. The van der Waals surface area contributed by atoms with Crippen LogP contribution in [-0.4, -0.2) is 27.6 Å². The maximum Gasteiger partial charge on any atom is 0.293 e. The van der Waals surface area contributed by atoms with Gasteiger partial charge in [0.1, 0.15) is 0 Å². The molecule has 128 valence electrons. The average Bonchev–Trinajstić information content (AvgIpc) is 3.06. The van der Waals surface area contributed by atoms with E-state index in [0.717, 1.165) is 32.4 Å². The lowest BCUT2D eigenvalue weighted by molar-refractivity contribution is 0.501. The minimum Gasteiger partial charge on any atom is -0.351 e. The summed E-state index contributed by atoms with van der Waals surface area (Å²) in [6.07, 6.45) is 10.7. The summed E-state index contributed by atoms with van der Waals surface area (Å²) in [5, 5.41) is 1.28. The molecule has 2 aliphatic rings. The molecule has 0 spiro atoms. The van der Waals surface area contributed by atoms with E-state index in [1.165, 1.54) is 34.8 Å². The SMILES string of the molecule is CCn1ccnc(N2CCC[C@@H](c3nc4c(s3)CCCC4)C2)c1=O. The zero-order valence-corrected chi connectivity index (χ0v) is 15.0. The van der Waals surface area contributed by atoms with E-state index in [0.29, 0.717) is 18.3 Å². The molecule has 5 nitrogen and oxygen atoms in total. The number of aryl methyl sites for hydroxylation is 3. The quantitative estimate of drug-likeness (QED) is 0.859. The van der Waals surface area contributed by atoms with Crippen molar-refractivity contribution in [3.63, 3.8) is 0 Å². The summed E-state index contributed by atoms with van der Waals surface area (Å²) in [6, 6.07) is 0. The first-order valence-corrected chi connectivity index (χ1v) is 9.86. The predicted octanol–water partition coefficient (Wildman–Crippen LogP) is 2.98. The second-order valence-electron chi connectivity index (χ2n) is 6.76. The van der Waals surface area contributed by atoms with Crippen LogP contribution in [-0.2, 0) is 19.4 Å². The van der Waals surface area contributed by atoms with Gasteiger partial charge in [-0.3, -0.25) is 4.79 Å². The van der Waals surface area contributed by atoms with Crippen molar-refractivity contribution < 1.29 is 0 Å². The lowest BCUT2D eigenvalue weighted by Crippen LogP contribution is -2.39. The Bertz CT molecular complexity index is 758. The maximum atomic E-state index is 12.5. The van der Waals surface area contributed by atoms with Crippen LogP contribution >= 0.6 is 11.3 Å². The molecule has 1 atom stereocenters. The van der Waals surface area contributed by atoms with Crippen LogP contribution in [0.4, 0.5) is 5.82 Å². The summed E-state index contributed by atoms with van der Waals surface area (Å²) in [6.45, 7) is 4.45. The number of anilines is 1. The Morgan fingerprint density at radius 3 is 3.00 bits per heavy atom. The monoisotopic (exact) mass is 344 g/mol. The van der Waals surface area contributed by atoms with E-state index in [4.69, 9.17) is 4.98 Å². The molecule has 2 aromatic heterocycles. The van der Waals surface area contributed by atoms with E-state index in [9.17, 15) is 4.79 Å². The van der Waals surface area contributed by atoms with Crippen molar-refractivity contribution in [2.24, 2.45) is 0 Å². The third-order valence-electron chi connectivity index (χ3n) is 5.17. The number of nitrogens with zero attached hydrogens (tertiary/aromatic N) is 4. The van der Waals surface area contributed by atoms with Crippen molar-refractivity contribution in [1.82, 2.24) is 14.5 Å². The van der Waals surface area contributed by atoms with E-state index in [1.807, 2.05) is 18.3 Å². The Morgan fingerprint density at radius 1 is 1.29 bits per heavy atom. The topological polar surface area (TPSA) is 51.0 Å². The van der Waals surface area contributed by atoms with Gasteiger partial charge in [0.05, 0.1) is 10.7 Å². The standard InChI is InChI=1S/C18H24N4OS/c1-2-21-11-9-19-16(18(21)23)22-10-5-6-13(12-22)17-20-14-7-3-4-8-15(14)24-17/h9,11,13H,2-8,10,12H2,1H3/t13-/m1/s1. The van der Waals surface area contributed by atoms with Gasteiger partial charge in [-0.15, -0.1) is 11.3 Å². The summed E-state index contributed by atoms with van der Waals surface area (Å²) < 4.78 is 1.73. The van der Waals surface area contributed by atoms with E-state index >= 15 is 0 Å². The zero-order valence-electron chi connectivity index (χ0n) is 14.2. The highest BCUT2D eigenvalue weighted by Gasteiger charge is 2.27. The molecule has 3 heterocycles. The van der Waals surface area contributed by atoms with Crippen molar-refractivity contribution in [3.8, 4) is 0 Å². The predicted molar refractivity (Wildman–Crippen MR) is 97.1 cm³/mol. The molecule has 1 fully saturated rings. The van der Waals surface area contributed by atoms with Gasteiger partial charge in [0.15, 0.2) is 5.82 Å². The van der Waals surface area contributed by atoms with E-state index in [2.05, 4.69) is 9.88 Å². The maximum absolute atomic E-state index is 12.5. The molecule has 1 aliphatic carbocycles. The molecular weight excluding hydrogens is 320 g/mol. The molecule has 0 saturated carbocycles. The van der Waals surface area contributed by atoms with E-state index in [-0.39, 0.29) is 5.56 Å². The minimum atomic E-state index is 0.0269. The average molecular weight is 344 g/mol. The van der Waals surface area contributed by atoms with Crippen LogP contribution in [0, 0.1) is 0 Å². The third-order valence-corrected chi connectivity index (χ3v) is 6.49. The van der Waals surface area contributed by atoms with Crippen molar-refractivity contribution in [2.45, 2.75) is 57.9 Å². The van der Waals surface area contributed by atoms with Crippen molar-refractivity contribution in [2.75, 3.05) is 18.0 Å². The highest BCUT2D eigenvalue weighted by atomic mass is 32.1. The molecule has 1 saturated heterocycles. The summed E-state index contributed by atoms with van der Waals surface area (Å²) >= 11 is 1.91. The summed E-state index contributed by atoms with van der Waals surface area (Å²) in [4.78, 5) is 25.5. The molecule has 0 unspecified atom stereocenters. The second-order valence-corrected chi connectivity index (χ2v) is 7.87. The molecule has 2 aromatic rings. The molecule has 24 heavy (non-hydrogen) atoms. The second kappa shape index (κ2) is 6.67. The number of hydrogen-bond donors (Lipinski definition) is 0. The van der Waals surface area contributed by atoms with E-state index in [1.54, 1.807) is 17.0 Å². The minimum absolute atomic E-state index is 0.0269. The Hall–Kier alpha value is -1.69. The molecule has 0 bridgehead atoms. The Morgan fingerprint density at radius 2 is 2.17 bits per heavy atom. The van der Waals surface area contributed by atoms with Crippen LogP contribution in [0.3, 0.4) is 0 Å². The fourth-order valence-corrected chi connectivity index (χ4v) is 5.10. The number of aromatic nitrogens is 3. The fraction of sp³-hybridized carbons (Fsp3) is 0.611. The molecular formula is C18H24N4OS. The molecule has 0 aromatic carbocycles. The van der Waals surface area contributed by atoms with Crippen LogP contribution < -0.4 is 10.5 Å². The van der Waals surface area contributed by atoms with Crippen LogP contribution in [0.2, 0.25) is 0 Å². The van der Waals surface area contributed by atoms with Gasteiger partial charge in [-0.1, -0.05) is 0 Å². The van der Waals surface area contributed by atoms with Gasteiger partial charge in [-0.25, -0.2) is 9.97 Å². The van der Waals surface area contributed by atoms with Crippen LogP contribution in [0.15, 0.2) is 17.2 Å². The normalized spacial score (nSPS) is 20.9. The zero-order chi connectivity index (χ0) is 16.5. The molecule has 0 radical (unpaired) electrons.